The molecule has 0 saturated heterocycles. The van der Waals surface area contributed by atoms with Gasteiger partial charge in [0.1, 0.15) is 5.00 Å². The van der Waals surface area contributed by atoms with Crippen LogP contribution < -0.4 is 10.6 Å². The number of carbonyl (C=O) groups is 1. The molecule has 0 aliphatic heterocycles. The minimum Gasteiger partial charge on any atom is -0.465 e. The molecule has 0 aliphatic carbocycles. The van der Waals surface area contributed by atoms with E-state index in [1.807, 2.05) is 49.4 Å². The van der Waals surface area contributed by atoms with Crippen LogP contribution in [-0.2, 0) is 11.2 Å². The van der Waals surface area contributed by atoms with Crippen molar-refractivity contribution in [3.8, 4) is 0 Å². The number of nitrogens with one attached hydrogen (secondary N) is 2. The molecular formula is C22H22N2O2S2. The Morgan fingerprint density at radius 2 is 1.64 bits per heavy atom. The summed E-state index contributed by atoms with van der Waals surface area (Å²) in [4.78, 5) is 13.2. The summed E-state index contributed by atoms with van der Waals surface area (Å²) >= 11 is 7.08. The van der Waals surface area contributed by atoms with E-state index in [0.717, 1.165) is 22.4 Å². The lowest BCUT2D eigenvalue weighted by Gasteiger charge is -2.22. The molecule has 0 bridgehead atoms. The molecule has 4 nitrogen and oxygen atoms in total. The largest absolute Gasteiger partial charge is 0.465 e. The Hall–Kier alpha value is -2.70. The number of rotatable bonds is 6. The van der Waals surface area contributed by atoms with Crippen LogP contribution in [0.2, 0.25) is 0 Å². The third-order valence-electron chi connectivity index (χ3n) is 4.31. The zero-order valence-electron chi connectivity index (χ0n) is 15.8. The van der Waals surface area contributed by atoms with E-state index in [-0.39, 0.29) is 12.0 Å². The third kappa shape index (κ3) is 4.77. The summed E-state index contributed by atoms with van der Waals surface area (Å²) < 4.78 is 4.90. The van der Waals surface area contributed by atoms with Gasteiger partial charge in [0.05, 0.1) is 18.7 Å². The maximum Gasteiger partial charge on any atom is 0.340 e. The monoisotopic (exact) mass is 410 g/mol. The molecule has 1 heterocycles. The number of hydrogen-bond acceptors (Lipinski definition) is 4. The molecule has 6 heteroatoms. The molecule has 28 heavy (non-hydrogen) atoms. The number of benzene rings is 2. The average molecular weight is 411 g/mol. The van der Waals surface area contributed by atoms with E-state index >= 15 is 0 Å². The first-order chi connectivity index (χ1) is 13.6. The van der Waals surface area contributed by atoms with Crippen molar-refractivity contribution >= 4 is 39.6 Å². The van der Waals surface area contributed by atoms with Crippen molar-refractivity contribution in [2.45, 2.75) is 19.4 Å². The van der Waals surface area contributed by atoms with Crippen molar-refractivity contribution < 1.29 is 9.53 Å². The number of thiocarbonyl (C=S) groups is 1. The van der Waals surface area contributed by atoms with Crippen LogP contribution in [0.1, 0.15) is 39.3 Å². The predicted molar refractivity (Wildman–Crippen MR) is 119 cm³/mol. The highest BCUT2D eigenvalue weighted by molar-refractivity contribution is 7.80. The molecule has 3 aromatic rings. The average Bonchev–Trinajstić information content (AvgIpc) is 3.15. The van der Waals surface area contributed by atoms with Gasteiger partial charge in [0.15, 0.2) is 5.11 Å². The lowest BCUT2D eigenvalue weighted by atomic mass is 9.99. The fourth-order valence-corrected chi connectivity index (χ4v) is 4.16. The Kier molecular flexibility index (Phi) is 6.79. The second-order valence-electron chi connectivity index (χ2n) is 6.15. The van der Waals surface area contributed by atoms with E-state index in [1.165, 1.54) is 18.4 Å². The van der Waals surface area contributed by atoms with Crippen LogP contribution in [0.15, 0.2) is 66.7 Å². The number of esters is 1. The van der Waals surface area contributed by atoms with Gasteiger partial charge < -0.3 is 15.4 Å². The van der Waals surface area contributed by atoms with E-state index in [0.29, 0.717) is 15.7 Å². The van der Waals surface area contributed by atoms with Gasteiger partial charge in [0.25, 0.3) is 0 Å². The molecule has 0 radical (unpaired) electrons. The number of anilines is 1. The molecule has 0 unspecified atom stereocenters. The van der Waals surface area contributed by atoms with Crippen LogP contribution in [0.25, 0.3) is 0 Å². The summed E-state index contributed by atoms with van der Waals surface area (Å²) in [6.45, 7) is 2.05. The second-order valence-corrected chi connectivity index (χ2v) is 7.70. The predicted octanol–water partition coefficient (Wildman–Crippen LogP) is 5.17. The van der Waals surface area contributed by atoms with E-state index < -0.39 is 0 Å². The fraction of sp³-hybridized carbons (Fsp3) is 0.182. The first-order valence-corrected chi connectivity index (χ1v) is 10.2. The lowest BCUT2D eigenvalue weighted by Crippen LogP contribution is -2.33. The van der Waals surface area contributed by atoms with E-state index in [1.54, 1.807) is 0 Å². The van der Waals surface area contributed by atoms with Crippen molar-refractivity contribution in [1.29, 1.82) is 0 Å². The van der Waals surface area contributed by atoms with Gasteiger partial charge in [0.2, 0.25) is 0 Å². The van der Waals surface area contributed by atoms with Crippen molar-refractivity contribution in [2.75, 3.05) is 12.4 Å². The van der Waals surface area contributed by atoms with Gasteiger partial charge in [-0.25, -0.2) is 4.79 Å². The molecule has 0 atom stereocenters. The standard InChI is InChI=1S/C22H22N2O2S2/c1-3-17-14-18(21(25)26-2)20(28-17)24-22(27)23-19(15-10-6-4-7-11-15)16-12-8-5-9-13-16/h4-14,19H,3H2,1-2H3,(H2,23,24,27). The number of methoxy groups -OCH3 is 1. The Morgan fingerprint density at radius 3 is 2.14 bits per heavy atom. The van der Waals surface area contributed by atoms with Gasteiger partial charge in [-0.3, -0.25) is 0 Å². The zero-order valence-corrected chi connectivity index (χ0v) is 17.4. The van der Waals surface area contributed by atoms with Gasteiger partial charge in [-0.15, -0.1) is 11.3 Å². The molecule has 1 aromatic heterocycles. The summed E-state index contributed by atoms with van der Waals surface area (Å²) in [6, 6.07) is 22.0. The number of carbonyl (C=O) groups excluding carboxylic acids is 1. The van der Waals surface area contributed by atoms with Gasteiger partial charge >= 0.3 is 5.97 Å². The summed E-state index contributed by atoms with van der Waals surface area (Å²) in [7, 11) is 1.38. The first-order valence-electron chi connectivity index (χ1n) is 9.00. The highest BCUT2D eigenvalue weighted by Gasteiger charge is 2.19. The smallest absolute Gasteiger partial charge is 0.340 e. The van der Waals surface area contributed by atoms with Crippen LogP contribution in [0.5, 0.6) is 0 Å². The Balaban J connectivity index is 1.84. The summed E-state index contributed by atoms with van der Waals surface area (Å²) in [5, 5.41) is 7.72. The molecule has 2 aromatic carbocycles. The van der Waals surface area contributed by atoms with E-state index in [2.05, 4.69) is 34.9 Å². The fourth-order valence-electron chi connectivity index (χ4n) is 2.89. The second kappa shape index (κ2) is 9.48. The Labute approximate surface area is 174 Å². The molecule has 0 spiro atoms. The number of ether oxygens (including phenoxy) is 1. The number of hydrogen-bond donors (Lipinski definition) is 2. The van der Waals surface area contributed by atoms with Crippen molar-refractivity contribution in [3.63, 3.8) is 0 Å². The maximum absolute atomic E-state index is 12.1. The van der Waals surface area contributed by atoms with Gasteiger partial charge in [-0.2, -0.15) is 0 Å². The molecule has 0 amide bonds. The first kappa shape index (κ1) is 20.0. The van der Waals surface area contributed by atoms with Crippen LogP contribution >= 0.6 is 23.6 Å². The number of aryl methyl sites for hydroxylation is 1. The normalized spacial score (nSPS) is 10.5. The lowest BCUT2D eigenvalue weighted by molar-refractivity contribution is 0.0602. The summed E-state index contributed by atoms with van der Waals surface area (Å²) in [6.07, 6.45) is 0.840. The van der Waals surface area contributed by atoms with Crippen LogP contribution in [0.4, 0.5) is 5.00 Å². The molecule has 0 saturated carbocycles. The zero-order chi connectivity index (χ0) is 19.9. The molecule has 3 rings (SSSR count). The highest BCUT2D eigenvalue weighted by Crippen LogP contribution is 2.30. The van der Waals surface area contributed by atoms with Crippen molar-refractivity contribution in [1.82, 2.24) is 5.32 Å². The van der Waals surface area contributed by atoms with Crippen LogP contribution in [0.3, 0.4) is 0 Å². The molecule has 0 aliphatic rings. The third-order valence-corrected chi connectivity index (χ3v) is 5.72. The summed E-state index contributed by atoms with van der Waals surface area (Å²) in [5.41, 5.74) is 2.71. The van der Waals surface area contributed by atoms with Gasteiger partial charge in [-0.1, -0.05) is 67.6 Å². The number of thiophene rings is 1. The quantitative estimate of drug-likeness (QED) is 0.433. The van der Waals surface area contributed by atoms with E-state index in [4.69, 9.17) is 17.0 Å². The van der Waals surface area contributed by atoms with Crippen molar-refractivity contribution in [2.24, 2.45) is 0 Å². The Morgan fingerprint density at radius 1 is 1.07 bits per heavy atom. The van der Waals surface area contributed by atoms with E-state index in [9.17, 15) is 4.79 Å². The summed E-state index contributed by atoms with van der Waals surface area (Å²) in [5.74, 6) is -0.371. The van der Waals surface area contributed by atoms with Crippen molar-refractivity contribution in [3.05, 3.63) is 88.3 Å². The van der Waals surface area contributed by atoms with Crippen LogP contribution in [-0.4, -0.2) is 18.2 Å². The minimum absolute atomic E-state index is 0.102. The molecule has 144 valence electrons. The molecular weight excluding hydrogens is 388 g/mol. The minimum atomic E-state index is -0.371. The highest BCUT2D eigenvalue weighted by atomic mass is 32.1. The topological polar surface area (TPSA) is 50.4 Å². The maximum atomic E-state index is 12.1. The van der Waals surface area contributed by atoms with Crippen LogP contribution in [0, 0.1) is 0 Å². The van der Waals surface area contributed by atoms with Gasteiger partial charge in [0, 0.05) is 4.88 Å². The Bertz CT molecular complexity index is 900. The molecule has 2 N–H and O–H groups in total. The SMILES string of the molecule is CCc1cc(C(=O)OC)c(NC(=S)NC(c2ccccc2)c2ccccc2)s1. The molecule has 0 fully saturated rings. The van der Waals surface area contributed by atoms with Gasteiger partial charge in [-0.05, 0) is 35.8 Å².